The van der Waals surface area contributed by atoms with E-state index < -0.39 is 5.97 Å². The topological polar surface area (TPSA) is 103 Å². The molecule has 0 saturated carbocycles. The van der Waals surface area contributed by atoms with E-state index in [1.807, 2.05) is 37.3 Å². The minimum absolute atomic E-state index is 0.0392. The summed E-state index contributed by atoms with van der Waals surface area (Å²) in [4.78, 5) is 23.1. The average molecular weight is 404 g/mol. The van der Waals surface area contributed by atoms with Crippen molar-refractivity contribution in [2.45, 2.75) is 39.0 Å². The van der Waals surface area contributed by atoms with Crippen LogP contribution in [0.2, 0.25) is 0 Å². The summed E-state index contributed by atoms with van der Waals surface area (Å²) >= 11 is 1.37. The Morgan fingerprint density at radius 2 is 1.64 bits per heavy atom. The number of hydrogen-bond donors (Lipinski definition) is 1. The molecule has 28 heavy (non-hydrogen) atoms. The van der Waals surface area contributed by atoms with Gasteiger partial charge in [0.1, 0.15) is 5.00 Å². The molecule has 0 unspecified atom stereocenters. The zero-order valence-electron chi connectivity index (χ0n) is 15.9. The molecule has 2 aromatic rings. The van der Waals surface area contributed by atoms with Crippen molar-refractivity contribution < 1.29 is 19.1 Å². The Kier molecular flexibility index (Phi) is 9.14. The highest BCUT2D eigenvalue weighted by molar-refractivity contribution is 7.19. The van der Waals surface area contributed by atoms with Crippen molar-refractivity contribution in [1.82, 2.24) is 0 Å². The van der Waals surface area contributed by atoms with Gasteiger partial charge in [0.2, 0.25) is 0 Å². The molecule has 7 nitrogen and oxygen atoms in total. The number of nitrogens with zero attached hydrogens (tertiary/aromatic N) is 2. The molecule has 150 valence electrons. The standard InChI is InChI=1S/C20H25N3O4S/c1-2-3-13-26-19(24)10-11-20(25)27-14-12-15-4-6-16(7-5-15)22-23-18-9-8-17(21)28-18/h4-9H,2-3,10-14,21H2,1H3. The maximum atomic E-state index is 11.7. The molecule has 0 saturated heterocycles. The third-order valence-electron chi connectivity index (χ3n) is 3.76. The predicted octanol–water partition coefficient (Wildman–Crippen LogP) is 4.95. The minimum atomic E-state index is -0.395. The molecular formula is C20H25N3O4S. The first kappa shape index (κ1) is 21.6. The number of benzene rings is 1. The lowest BCUT2D eigenvalue weighted by Gasteiger charge is -2.06. The van der Waals surface area contributed by atoms with E-state index in [2.05, 4.69) is 10.2 Å². The van der Waals surface area contributed by atoms with E-state index in [1.165, 1.54) is 11.3 Å². The SMILES string of the molecule is CCCCOC(=O)CCC(=O)OCCc1ccc(N=Nc2ccc(N)s2)cc1. The largest absolute Gasteiger partial charge is 0.466 e. The van der Waals surface area contributed by atoms with Crippen LogP contribution in [-0.2, 0) is 25.5 Å². The first-order valence-electron chi connectivity index (χ1n) is 9.24. The maximum Gasteiger partial charge on any atom is 0.306 e. The Balaban J connectivity index is 1.65. The summed E-state index contributed by atoms with van der Waals surface area (Å²) in [5, 5.41) is 9.74. The lowest BCUT2D eigenvalue weighted by Crippen LogP contribution is -2.12. The van der Waals surface area contributed by atoms with Crippen LogP contribution in [0, 0.1) is 0 Å². The van der Waals surface area contributed by atoms with Gasteiger partial charge in [-0.3, -0.25) is 9.59 Å². The van der Waals surface area contributed by atoms with Crippen LogP contribution in [0.5, 0.6) is 0 Å². The van der Waals surface area contributed by atoms with Gasteiger partial charge in [0, 0.05) is 6.42 Å². The van der Waals surface area contributed by atoms with Crippen LogP contribution < -0.4 is 5.73 Å². The smallest absolute Gasteiger partial charge is 0.306 e. The van der Waals surface area contributed by atoms with E-state index in [0.29, 0.717) is 18.0 Å². The molecule has 0 fully saturated rings. The van der Waals surface area contributed by atoms with Crippen LogP contribution >= 0.6 is 11.3 Å². The van der Waals surface area contributed by atoms with Crippen LogP contribution in [-0.4, -0.2) is 25.2 Å². The van der Waals surface area contributed by atoms with Crippen molar-refractivity contribution in [2.75, 3.05) is 18.9 Å². The molecule has 0 aliphatic heterocycles. The number of unbranched alkanes of at least 4 members (excludes halogenated alkanes) is 1. The van der Waals surface area contributed by atoms with Gasteiger partial charge in [0.15, 0.2) is 0 Å². The van der Waals surface area contributed by atoms with Crippen molar-refractivity contribution in [1.29, 1.82) is 0 Å². The molecule has 0 spiro atoms. The molecule has 1 aromatic carbocycles. The van der Waals surface area contributed by atoms with E-state index >= 15 is 0 Å². The monoisotopic (exact) mass is 403 g/mol. The molecule has 2 N–H and O–H groups in total. The third-order valence-corrected chi connectivity index (χ3v) is 4.56. The molecule has 0 atom stereocenters. The van der Waals surface area contributed by atoms with Crippen LogP contribution in [0.15, 0.2) is 46.6 Å². The Morgan fingerprint density at radius 1 is 0.964 bits per heavy atom. The molecule has 0 aliphatic carbocycles. The van der Waals surface area contributed by atoms with E-state index in [1.54, 1.807) is 6.07 Å². The number of hydrogen-bond acceptors (Lipinski definition) is 8. The van der Waals surface area contributed by atoms with Crippen LogP contribution in [0.25, 0.3) is 0 Å². The fourth-order valence-electron chi connectivity index (χ4n) is 2.19. The second kappa shape index (κ2) is 11.9. The number of thiophene rings is 1. The van der Waals surface area contributed by atoms with Gasteiger partial charge in [-0.2, -0.15) is 0 Å². The quantitative estimate of drug-likeness (QED) is 0.325. The van der Waals surface area contributed by atoms with E-state index in [9.17, 15) is 9.59 Å². The molecule has 0 amide bonds. The van der Waals surface area contributed by atoms with Crippen LogP contribution in [0.1, 0.15) is 38.2 Å². The number of ether oxygens (including phenoxy) is 2. The zero-order valence-corrected chi connectivity index (χ0v) is 16.7. The van der Waals surface area contributed by atoms with Gasteiger partial charge < -0.3 is 15.2 Å². The molecule has 2 rings (SSSR count). The first-order valence-corrected chi connectivity index (χ1v) is 10.1. The number of carbonyl (C=O) groups excluding carboxylic acids is 2. The first-order chi connectivity index (χ1) is 13.6. The number of rotatable bonds is 11. The van der Waals surface area contributed by atoms with Crippen molar-refractivity contribution in [3.63, 3.8) is 0 Å². The summed E-state index contributed by atoms with van der Waals surface area (Å²) in [5.74, 6) is -0.756. The van der Waals surface area contributed by atoms with Gasteiger partial charge in [-0.05, 0) is 36.2 Å². The second-order valence-corrected chi connectivity index (χ2v) is 7.18. The summed E-state index contributed by atoms with van der Waals surface area (Å²) < 4.78 is 10.2. The van der Waals surface area contributed by atoms with Gasteiger partial charge in [-0.25, -0.2) is 0 Å². The number of anilines is 1. The minimum Gasteiger partial charge on any atom is -0.466 e. The summed E-state index contributed by atoms with van der Waals surface area (Å²) in [6.07, 6.45) is 2.48. The Labute approximate surface area is 168 Å². The highest BCUT2D eigenvalue weighted by Crippen LogP contribution is 2.28. The molecular weight excluding hydrogens is 378 g/mol. The predicted molar refractivity (Wildman–Crippen MR) is 109 cm³/mol. The molecule has 0 aliphatic rings. The zero-order chi connectivity index (χ0) is 20.2. The van der Waals surface area contributed by atoms with Gasteiger partial charge in [-0.1, -0.05) is 36.8 Å². The second-order valence-electron chi connectivity index (χ2n) is 6.09. The van der Waals surface area contributed by atoms with Gasteiger partial charge in [0.25, 0.3) is 0 Å². The fraction of sp³-hybridized carbons (Fsp3) is 0.400. The number of nitrogen functional groups attached to an aromatic ring is 1. The Hall–Kier alpha value is -2.74. The maximum absolute atomic E-state index is 11.7. The summed E-state index contributed by atoms with van der Waals surface area (Å²) in [7, 11) is 0. The molecule has 0 bridgehead atoms. The fourth-order valence-corrected chi connectivity index (χ4v) is 2.79. The van der Waals surface area contributed by atoms with Crippen LogP contribution in [0.3, 0.4) is 0 Å². The third kappa shape index (κ3) is 8.30. The summed E-state index contributed by atoms with van der Waals surface area (Å²) in [6.45, 7) is 2.69. The summed E-state index contributed by atoms with van der Waals surface area (Å²) in [6, 6.07) is 11.1. The normalized spacial score (nSPS) is 10.9. The van der Waals surface area contributed by atoms with Crippen molar-refractivity contribution in [2.24, 2.45) is 10.2 Å². The van der Waals surface area contributed by atoms with Crippen molar-refractivity contribution in [3.8, 4) is 0 Å². The summed E-state index contributed by atoms with van der Waals surface area (Å²) in [5.41, 5.74) is 7.40. The van der Waals surface area contributed by atoms with E-state index in [4.69, 9.17) is 15.2 Å². The number of nitrogens with two attached hydrogens (primary N) is 1. The Morgan fingerprint density at radius 3 is 2.25 bits per heavy atom. The number of esters is 2. The average Bonchev–Trinajstić information content (AvgIpc) is 3.11. The molecule has 1 heterocycles. The van der Waals surface area contributed by atoms with Gasteiger partial charge >= 0.3 is 11.9 Å². The van der Waals surface area contributed by atoms with Crippen LogP contribution in [0.4, 0.5) is 15.7 Å². The van der Waals surface area contributed by atoms with Gasteiger partial charge in [-0.15, -0.1) is 10.2 Å². The molecule has 1 aromatic heterocycles. The van der Waals surface area contributed by atoms with Crippen molar-refractivity contribution in [3.05, 3.63) is 42.0 Å². The van der Waals surface area contributed by atoms with Crippen molar-refractivity contribution >= 4 is 39.0 Å². The van der Waals surface area contributed by atoms with E-state index in [-0.39, 0.29) is 25.4 Å². The molecule has 8 heteroatoms. The Bertz CT molecular complexity index is 787. The molecule has 0 radical (unpaired) electrons. The van der Waals surface area contributed by atoms with E-state index in [0.717, 1.165) is 29.1 Å². The highest BCUT2D eigenvalue weighted by Gasteiger charge is 2.09. The number of azo groups is 1. The highest BCUT2D eigenvalue weighted by atomic mass is 32.1. The number of carbonyl (C=O) groups is 2. The lowest BCUT2D eigenvalue weighted by molar-refractivity contribution is -0.150. The lowest BCUT2D eigenvalue weighted by atomic mass is 10.1. The van der Waals surface area contributed by atoms with Gasteiger partial charge in [0.05, 0.1) is 36.7 Å².